The van der Waals surface area contributed by atoms with Crippen LogP contribution in [-0.2, 0) is 17.4 Å². The molecule has 1 N–H and O–H groups in total. The number of rotatable bonds is 5. The summed E-state index contributed by atoms with van der Waals surface area (Å²) in [5, 5.41) is 9.07. The van der Waals surface area contributed by atoms with Crippen LogP contribution in [0.5, 0.6) is 5.75 Å². The maximum atomic E-state index is 13.7. The van der Waals surface area contributed by atoms with Gasteiger partial charge in [0.25, 0.3) is 0 Å². The molecule has 0 saturated heterocycles. The van der Waals surface area contributed by atoms with Crippen LogP contribution in [0.2, 0.25) is 0 Å². The minimum atomic E-state index is -0.945. The van der Waals surface area contributed by atoms with Gasteiger partial charge in [-0.3, -0.25) is 0 Å². The molecule has 0 aromatic heterocycles. The number of carboxylic acids is 1. The number of hydrogen-bond acceptors (Lipinski definition) is 2. The Kier molecular flexibility index (Phi) is 7.08. The normalized spacial score (nSPS) is 15.5. The van der Waals surface area contributed by atoms with E-state index in [9.17, 15) is 9.18 Å². The van der Waals surface area contributed by atoms with Crippen LogP contribution in [0.15, 0.2) is 60.7 Å². The molecule has 1 aliphatic rings. The number of aromatic carboxylic acids is 1. The Morgan fingerprint density at radius 1 is 1.03 bits per heavy atom. The van der Waals surface area contributed by atoms with E-state index in [1.54, 1.807) is 30.3 Å². The zero-order valence-corrected chi connectivity index (χ0v) is 22.2. The average molecular weight is 536 g/mol. The van der Waals surface area contributed by atoms with E-state index in [0.717, 1.165) is 34.2 Å². The van der Waals surface area contributed by atoms with Crippen LogP contribution in [0.3, 0.4) is 0 Å². The molecule has 0 heterocycles. The van der Waals surface area contributed by atoms with Gasteiger partial charge in [-0.2, -0.15) is 0 Å². The van der Waals surface area contributed by atoms with Crippen LogP contribution in [0.25, 0.3) is 0 Å². The first-order chi connectivity index (χ1) is 16.5. The molecule has 1 aliphatic carbocycles. The number of hydrogen-bond donors (Lipinski definition) is 1. The summed E-state index contributed by atoms with van der Waals surface area (Å²) >= 11 is -0.116. The van der Waals surface area contributed by atoms with Crippen molar-refractivity contribution in [3.63, 3.8) is 0 Å². The van der Waals surface area contributed by atoms with Crippen LogP contribution in [-0.4, -0.2) is 26.0 Å². The third-order valence-corrected chi connectivity index (χ3v) is 8.05. The van der Waals surface area contributed by atoms with Gasteiger partial charge in [-0.25, -0.2) is 0 Å². The fourth-order valence-electron chi connectivity index (χ4n) is 4.51. The Hall–Kier alpha value is -3.06. The quantitative estimate of drug-likeness (QED) is 0.332. The molecule has 0 radical (unpaired) electrons. The van der Waals surface area contributed by atoms with E-state index in [2.05, 4.69) is 50.6 Å². The number of carboxylic acid groups (broad SMARTS) is 1. The third-order valence-electron chi connectivity index (χ3n) is 6.64. The van der Waals surface area contributed by atoms with Crippen molar-refractivity contribution in [2.75, 3.05) is 0 Å². The second kappa shape index (κ2) is 9.90. The first kappa shape index (κ1) is 25.0. The number of fused-ring (bicyclic) bond motifs is 1. The first-order valence-corrected chi connectivity index (χ1v) is 13.3. The van der Waals surface area contributed by atoms with Crippen molar-refractivity contribution in [2.24, 2.45) is 0 Å². The maximum absolute atomic E-state index is 13.7. The van der Waals surface area contributed by atoms with E-state index in [-0.39, 0.29) is 37.2 Å². The molecular weight excluding hydrogens is 506 g/mol. The van der Waals surface area contributed by atoms with Gasteiger partial charge in [-0.15, -0.1) is 0 Å². The van der Waals surface area contributed by atoms with E-state index in [1.165, 1.54) is 23.3 Å². The molecule has 0 aliphatic heterocycles. The average Bonchev–Trinajstić information content (AvgIpc) is 2.81. The summed E-state index contributed by atoms with van der Waals surface area (Å²) in [5.74, 6) is 2.81. The van der Waals surface area contributed by atoms with Gasteiger partial charge >= 0.3 is 213 Å². The molecule has 0 amide bonds. The van der Waals surface area contributed by atoms with E-state index in [0.29, 0.717) is 6.61 Å². The monoisotopic (exact) mass is 536 g/mol. The Labute approximate surface area is 212 Å². The van der Waals surface area contributed by atoms with Crippen LogP contribution in [0, 0.1) is 16.6 Å². The Balaban J connectivity index is 1.66. The van der Waals surface area contributed by atoms with Crippen molar-refractivity contribution in [3.8, 4) is 16.5 Å². The van der Waals surface area contributed by atoms with Gasteiger partial charge < -0.3 is 0 Å². The second-order valence-corrected chi connectivity index (χ2v) is 12.1. The summed E-state index contributed by atoms with van der Waals surface area (Å²) in [5.41, 5.74) is 4.38. The molecule has 4 rings (SSSR count). The fraction of sp³-hybridized carbons (Fsp3) is 0.300. The summed E-state index contributed by atoms with van der Waals surface area (Å²) in [7, 11) is 0. The molecule has 3 aromatic carbocycles. The summed E-state index contributed by atoms with van der Waals surface area (Å²) in [4.78, 5) is 14.3. The topological polar surface area (TPSA) is 46.5 Å². The van der Waals surface area contributed by atoms with Gasteiger partial charge in [0.15, 0.2) is 0 Å². The van der Waals surface area contributed by atoms with Crippen LogP contribution >= 0.6 is 0 Å². The summed E-state index contributed by atoms with van der Waals surface area (Å²) < 4.78 is 21.2. The molecular formula is C30H29FO3Se. The van der Waals surface area contributed by atoms with Gasteiger partial charge in [0.1, 0.15) is 0 Å². The zero-order valence-electron chi connectivity index (χ0n) is 20.4. The standard InChI is InChI=1S/C30H29FO3Se/c1-29(2)13-14-30(3,4)27-25(29)17-24(18-26(27)34-19-21-6-5-7-23(31)16-21)35-15-12-20-8-10-22(11-9-20)28(32)33/h5-11,16-18H,13-14,19H2,1-4H3,(H,32,33). The van der Waals surface area contributed by atoms with E-state index >= 15 is 0 Å². The molecule has 180 valence electrons. The fourth-order valence-corrected chi connectivity index (χ4v) is 5.83. The van der Waals surface area contributed by atoms with Crippen LogP contribution < -0.4 is 9.20 Å². The summed E-state index contributed by atoms with van der Waals surface area (Å²) in [6.45, 7) is 9.40. The number of benzene rings is 3. The molecule has 5 heteroatoms. The van der Waals surface area contributed by atoms with Crippen molar-refractivity contribution in [1.29, 1.82) is 0 Å². The van der Waals surface area contributed by atoms with Gasteiger partial charge in [-0.05, 0) is 0 Å². The van der Waals surface area contributed by atoms with Gasteiger partial charge in [0.2, 0.25) is 0 Å². The first-order valence-electron chi connectivity index (χ1n) is 11.6. The number of ether oxygens (including phenoxy) is 1. The molecule has 0 unspecified atom stereocenters. The summed E-state index contributed by atoms with van der Waals surface area (Å²) in [6.07, 6.45) is 2.16. The van der Waals surface area contributed by atoms with Crippen LogP contribution in [0.1, 0.15) is 73.1 Å². The molecule has 3 aromatic rings. The van der Waals surface area contributed by atoms with Crippen LogP contribution in [0.4, 0.5) is 4.39 Å². The molecule has 0 saturated carbocycles. The van der Waals surface area contributed by atoms with Crippen molar-refractivity contribution < 1.29 is 19.0 Å². The summed E-state index contributed by atoms with van der Waals surface area (Å²) in [6, 6.07) is 17.5. The Bertz CT molecular complexity index is 1310. The third kappa shape index (κ3) is 5.78. The molecule has 3 nitrogen and oxygen atoms in total. The zero-order chi connectivity index (χ0) is 25.2. The minimum absolute atomic E-state index is 0.0218. The molecule has 0 bridgehead atoms. The molecule has 0 atom stereocenters. The number of halogens is 1. The van der Waals surface area contributed by atoms with Crippen molar-refractivity contribution in [1.82, 2.24) is 0 Å². The number of carbonyl (C=O) groups is 1. The van der Waals surface area contributed by atoms with Gasteiger partial charge in [-0.1, -0.05) is 0 Å². The molecule has 0 fully saturated rings. The Morgan fingerprint density at radius 2 is 1.74 bits per heavy atom. The Morgan fingerprint density at radius 3 is 2.43 bits per heavy atom. The van der Waals surface area contributed by atoms with Gasteiger partial charge in [0.05, 0.1) is 0 Å². The van der Waals surface area contributed by atoms with Crippen molar-refractivity contribution in [2.45, 2.75) is 58.0 Å². The second-order valence-electron chi connectivity index (χ2n) is 10.2. The predicted molar refractivity (Wildman–Crippen MR) is 138 cm³/mol. The van der Waals surface area contributed by atoms with Crippen molar-refractivity contribution in [3.05, 3.63) is 94.3 Å². The van der Waals surface area contributed by atoms with E-state index < -0.39 is 5.97 Å². The van der Waals surface area contributed by atoms with E-state index in [4.69, 9.17) is 9.84 Å². The predicted octanol–water partition coefficient (Wildman–Crippen LogP) is 5.79. The molecule has 0 spiro atoms. The van der Waals surface area contributed by atoms with E-state index in [1.807, 2.05) is 6.07 Å². The van der Waals surface area contributed by atoms with Gasteiger partial charge in [0, 0.05) is 0 Å². The van der Waals surface area contributed by atoms with Crippen molar-refractivity contribution >= 4 is 25.4 Å². The SMILES string of the molecule is CC1(C)CCC(C)(C)c2c(OCc3cccc(F)c3)cc([Se]C#Cc3ccc(C(=O)O)cc3)cc21. The molecule has 35 heavy (non-hydrogen) atoms.